The third-order valence-corrected chi connectivity index (χ3v) is 7.06. The fourth-order valence-corrected chi connectivity index (χ4v) is 5.05. The maximum atomic E-state index is 13.7. The Hall–Kier alpha value is -3.38. The molecule has 5 nitrogen and oxygen atoms in total. The van der Waals surface area contributed by atoms with Crippen LogP contribution in [0.5, 0.6) is 0 Å². The molecule has 4 rings (SSSR count). The summed E-state index contributed by atoms with van der Waals surface area (Å²) in [5, 5.41) is 2.59. The summed E-state index contributed by atoms with van der Waals surface area (Å²) in [6.07, 6.45) is 1.67. The van der Waals surface area contributed by atoms with E-state index in [1.807, 2.05) is 25.1 Å². The summed E-state index contributed by atoms with van der Waals surface area (Å²) in [5.41, 5.74) is 1.72. The lowest BCUT2D eigenvalue weighted by Crippen LogP contribution is -2.47. The van der Waals surface area contributed by atoms with E-state index in [-0.39, 0.29) is 11.7 Å². The molecule has 2 amide bonds. The van der Waals surface area contributed by atoms with Gasteiger partial charge in [0.05, 0.1) is 5.56 Å². The fraction of sp³-hybridized carbons (Fsp3) is 0.448. The molecule has 0 aromatic heterocycles. The van der Waals surface area contributed by atoms with Crippen LogP contribution >= 0.6 is 0 Å². The van der Waals surface area contributed by atoms with Crippen LogP contribution in [0.4, 0.5) is 28.0 Å². The van der Waals surface area contributed by atoms with Crippen molar-refractivity contribution < 1.29 is 22.4 Å². The first-order chi connectivity index (χ1) is 18.2. The van der Waals surface area contributed by atoms with Crippen LogP contribution in [0.25, 0.3) is 10.4 Å². The van der Waals surface area contributed by atoms with Crippen LogP contribution in [0.2, 0.25) is 0 Å². The molecule has 2 aliphatic rings. The Balaban J connectivity index is 1.50. The van der Waals surface area contributed by atoms with Crippen LogP contribution < -0.4 is 5.32 Å². The second-order valence-corrected chi connectivity index (χ2v) is 9.69. The number of carbonyl (C=O) groups excluding carboxylic acids is 1. The van der Waals surface area contributed by atoms with E-state index in [0.717, 1.165) is 62.0 Å². The normalized spacial score (nSPS) is 17.9. The predicted molar refractivity (Wildman–Crippen MR) is 142 cm³/mol. The standard InChI is InChI=1S/C29H32F4N4O/c1-2-34-20-21-6-5-7-23(18-21)22-8-11-25(12-9-22)37(17-16-36-14-3-4-15-36)28(38)35-24-10-13-27(30)26(19-24)29(31,32)33/h5-8,10,13,18-19,25H,2-4,9,11-12,14-17H2,1H3/p+1. The van der Waals surface area contributed by atoms with Gasteiger partial charge in [0, 0.05) is 31.7 Å². The van der Waals surface area contributed by atoms with Gasteiger partial charge in [0.1, 0.15) is 11.4 Å². The summed E-state index contributed by atoms with van der Waals surface area (Å²) in [6, 6.07) is 13.0. The molecule has 0 bridgehead atoms. The van der Waals surface area contributed by atoms with Gasteiger partial charge in [-0.2, -0.15) is 13.2 Å². The van der Waals surface area contributed by atoms with Crippen molar-refractivity contribution in [1.29, 1.82) is 0 Å². The molecule has 9 heteroatoms. The number of hydrogen-bond acceptors (Lipinski definition) is 2. The minimum atomic E-state index is -4.84. The van der Waals surface area contributed by atoms with Gasteiger partial charge in [-0.25, -0.2) is 9.18 Å². The number of nitrogens with zero attached hydrogens (tertiary/aromatic N) is 3. The lowest BCUT2D eigenvalue weighted by Gasteiger charge is -2.35. The Morgan fingerprint density at radius 2 is 1.97 bits per heavy atom. The number of hydrogen-bond donors (Lipinski definition) is 1. The van der Waals surface area contributed by atoms with Crippen LogP contribution in [0, 0.1) is 11.9 Å². The smallest absolute Gasteiger partial charge is 0.320 e. The Kier molecular flexibility index (Phi) is 9.05. The first-order valence-corrected chi connectivity index (χ1v) is 13.1. The van der Waals surface area contributed by atoms with Crippen LogP contribution in [0.15, 0.2) is 48.5 Å². The first-order valence-electron chi connectivity index (χ1n) is 13.1. The molecule has 38 heavy (non-hydrogen) atoms. The van der Waals surface area contributed by atoms with Crippen LogP contribution in [-0.4, -0.2) is 54.6 Å². The van der Waals surface area contributed by atoms with Crippen LogP contribution in [0.3, 0.4) is 0 Å². The molecule has 0 saturated carbocycles. The van der Waals surface area contributed by atoms with Crippen molar-refractivity contribution in [2.24, 2.45) is 0 Å². The Morgan fingerprint density at radius 1 is 1.18 bits per heavy atom. The molecule has 0 spiro atoms. The van der Waals surface area contributed by atoms with Gasteiger partial charge >= 0.3 is 18.3 Å². The highest BCUT2D eigenvalue weighted by atomic mass is 19.4. The number of allylic oxidation sites excluding steroid dienone is 1. The number of halogens is 4. The molecule has 1 atom stereocenters. The highest BCUT2D eigenvalue weighted by Crippen LogP contribution is 2.34. The van der Waals surface area contributed by atoms with Crippen molar-refractivity contribution in [1.82, 2.24) is 9.80 Å². The van der Waals surface area contributed by atoms with Gasteiger partial charge in [0.15, 0.2) is 0 Å². The van der Waals surface area contributed by atoms with Crippen molar-refractivity contribution in [2.45, 2.75) is 51.2 Å². The summed E-state index contributed by atoms with van der Waals surface area (Å²) in [6.45, 7) is 5.74. The molecule has 1 N–H and O–H groups in total. The second-order valence-electron chi connectivity index (χ2n) is 9.69. The third kappa shape index (κ3) is 7.13. The second kappa shape index (κ2) is 12.4. The molecule has 1 fully saturated rings. The number of carbonyl (C=O) groups is 1. The highest BCUT2D eigenvalue weighted by Gasteiger charge is 2.35. The summed E-state index contributed by atoms with van der Waals surface area (Å²) in [4.78, 5) is 21.5. The van der Waals surface area contributed by atoms with E-state index in [1.54, 1.807) is 4.90 Å². The van der Waals surface area contributed by atoms with Crippen molar-refractivity contribution >= 4 is 17.3 Å². The third-order valence-electron chi connectivity index (χ3n) is 7.06. The molecule has 2 aromatic rings. The quantitative estimate of drug-likeness (QED) is 0.405. The zero-order valence-electron chi connectivity index (χ0n) is 21.5. The van der Waals surface area contributed by atoms with Gasteiger partial charge in [0.2, 0.25) is 0 Å². The molecule has 1 heterocycles. The molecular formula is C29H33F4N4O+. The summed E-state index contributed by atoms with van der Waals surface area (Å²) >= 11 is 0. The number of benzene rings is 2. The maximum absolute atomic E-state index is 13.7. The Labute approximate surface area is 220 Å². The molecular weight excluding hydrogens is 496 g/mol. The molecule has 1 unspecified atom stereocenters. The molecule has 1 aliphatic carbocycles. The molecule has 0 radical (unpaired) electrons. The average molecular weight is 530 g/mol. The molecule has 202 valence electrons. The minimum absolute atomic E-state index is 0.0799. The van der Waals surface area contributed by atoms with Gasteiger partial charge in [0.25, 0.3) is 6.54 Å². The van der Waals surface area contributed by atoms with E-state index in [1.165, 1.54) is 5.57 Å². The lowest BCUT2D eigenvalue weighted by atomic mass is 9.89. The van der Waals surface area contributed by atoms with E-state index in [4.69, 9.17) is 0 Å². The maximum Gasteiger partial charge on any atom is 0.419 e. The largest absolute Gasteiger partial charge is 0.419 e. The van der Waals surface area contributed by atoms with E-state index in [9.17, 15) is 22.4 Å². The number of nitrogens with one attached hydrogen (secondary N) is 1. The van der Waals surface area contributed by atoms with Gasteiger partial charge in [-0.3, -0.25) is 0 Å². The summed E-state index contributed by atoms with van der Waals surface area (Å²) in [7, 11) is 0. The monoisotopic (exact) mass is 529 g/mol. The van der Waals surface area contributed by atoms with Crippen LogP contribution in [0.1, 0.15) is 55.7 Å². The molecule has 2 aromatic carbocycles. The Morgan fingerprint density at radius 3 is 2.66 bits per heavy atom. The van der Waals surface area contributed by atoms with E-state index in [2.05, 4.69) is 33.3 Å². The van der Waals surface area contributed by atoms with Crippen molar-refractivity contribution in [3.05, 3.63) is 75.9 Å². The number of anilines is 1. The average Bonchev–Trinajstić information content (AvgIpc) is 3.42. The van der Waals surface area contributed by atoms with Crippen molar-refractivity contribution in [3.63, 3.8) is 0 Å². The number of likely N-dealkylation sites (tertiary alicyclic amines) is 1. The summed E-state index contributed by atoms with van der Waals surface area (Å²) in [5.74, 6) is -1.37. The minimum Gasteiger partial charge on any atom is -0.320 e. The van der Waals surface area contributed by atoms with Gasteiger partial charge in [-0.15, -0.1) is 0 Å². The number of alkyl halides is 3. The zero-order chi connectivity index (χ0) is 27.1. The number of amides is 2. The van der Waals surface area contributed by atoms with E-state index >= 15 is 0 Å². The highest BCUT2D eigenvalue weighted by molar-refractivity contribution is 5.89. The van der Waals surface area contributed by atoms with Crippen LogP contribution in [-0.2, 0) is 6.18 Å². The topological polar surface area (TPSA) is 39.9 Å². The Bertz CT molecular complexity index is 1230. The van der Waals surface area contributed by atoms with Crippen molar-refractivity contribution in [3.8, 4) is 6.07 Å². The fourth-order valence-electron chi connectivity index (χ4n) is 5.05. The number of rotatable bonds is 6. The SMILES string of the molecule is CC[N+]#Cc1cccc(C2=CCC(N(CCN3CCCC3)C(=O)Nc3ccc(F)c(C(F)(F)F)c3)CC2)c1. The first kappa shape index (κ1) is 27.6. The van der Waals surface area contributed by atoms with Gasteiger partial charge in [-0.1, -0.05) is 23.1 Å². The molecule has 1 aliphatic heterocycles. The lowest BCUT2D eigenvalue weighted by molar-refractivity contribution is -0.139. The number of urea groups is 1. The molecule has 1 saturated heterocycles. The van der Waals surface area contributed by atoms with Gasteiger partial charge in [-0.05, 0) is 86.7 Å². The van der Waals surface area contributed by atoms with Crippen molar-refractivity contribution in [2.75, 3.05) is 38.0 Å². The van der Waals surface area contributed by atoms with Gasteiger partial charge < -0.3 is 15.1 Å². The van der Waals surface area contributed by atoms with E-state index in [0.29, 0.717) is 32.1 Å². The van der Waals surface area contributed by atoms with E-state index < -0.39 is 23.6 Å². The summed E-state index contributed by atoms with van der Waals surface area (Å²) < 4.78 is 53.3. The zero-order valence-corrected chi connectivity index (χ0v) is 21.5. The predicted octanol–water partition coefficient (Wildman–Crippen LogP) is 7.11.